The Kier molecular flexibility index (Phi) is 5.18. The van der Waals surface area contributed by atoms with Crippen LogP contribution >= 0.6 is 0 Å². The quantitative estimate of drug-likeness (QED) is 0.630. The molecule has 0 aromatic carbocycles. The second-order valence-corrected chi connectivity index (χ2v) is 3.12. The second kappa shape index (κ2) is 5.64. The molecule has 0 aromatic heterocycles. The van der Waals surface area contributed by atoms with Gasteiger partial charge in [0.15, 0.2) is 0 Å². The van der Waals surface area contributed by atoms with Crippen molar-refractivity contribution in [3.63, 3.8) is 0 Å². The summed E-state index contributed by atoms with van der Waals surface area (Å²) in [6.07, 6.45) is 5.32. The predicted molar refractivity (Wildman–Crippen MR) is 55.8 cm³/mol. The molecule has 1 heteroatoms. The maximum Gasteiger partial charge on any atom is 0.0116 e. The van der Waals surface area contributed by atoms with Crippen LogP contribution in [0.1, 0.15) is 34.1 Å². The van der Waals surface area contributed by atoms with Gasteiger partial charge in [0.25, 0.3) is 0 Å². The summed E-state index contributed by atoms with van der Waals surface area (Å²) >= 11 is 0. The van der Waals surface area contributed by atoms with Crippen LogP contribution in [-0.2, 0) is 0 Å². The van der Waals surface area contributed by atoms with E-state index >= 15 is 0 Å². The highest BCUT2D eigenvalue weighted by Gasteiger charge is 1.85. The van der Waals surface area contributed by atoms with Gasteiger partial charge in [0.05, 0.1) is 0 Å². The van der Waals surface area contributed by atoms with E-state index in [9.17, 15) is 0 Å². The molecule has 1 nitrogen and oxygen atoms in total. The molecule has 0 unspecified atom stereocenters. The summed E-state index contributed by atoms with van der Waals surface area (Å²) in [5, 5.41) is 3.14. The smallest absolute Gasteiger partial charge is 0.0116 e. The lowest BCUT2D eigenvalue weighted by molar-refractivity contribution is 0.973. The fourth-order valence-corrected chi connectivity index (χ4v) is 0.763. The molecule has 0 amide bonds. The largest absolute Gasteiger partial charge is 0.363 e. The summed E-state index contributed by atoms with van der Waals surface area (Å²) < 4.78 is 0. The molecule has 1 N–H and O–H groups in total. The first-order chi connectivity index (χ1) is 5.56. The summed E-state index contributed by atoms with van der Waals surface area (Å²) in [5.41, 5.74) is 3.50. The van der Waals surface area contributed by atoms with Crippen LogP contribution in [-0.4, -0.2) is 0 Å². The van der Waals surface area contributed by atoms with Gasteiger partial charge in [0, 0.05) is 11.4 Å². The second-order valence-electron chi connectivity index (χ2n) is 3.12. The van der Waals surface area contributed by atoms with Crippen molar-refractivity contribution in [1.29, 1.82) is 0 Å². The van der Waals surface area contributed by atoms with Crippen molar-refractivity contribution in [2.45, 2.75) is 34.1 Å². The molecule has 68 valence electrons. The molecule has 0 saturated carbocycles. The van der Waals surface area contributed by atoms with Crippen molar-refractivity contribution in [1.82, 2.24) is 5.32 Å². The molecule has 12 heavy (non-hydrogen) atoms. The van der Waals surface area contributed by atoms with Gasteiger partial charge in [-0.3, -0.25) is 0 Å². The first kappa shape index (κ1) is 11.0. The topological polar surface area (TPSA) is 12.0 Å². The summed E-state index contributed by atoms with van der Waals surface area (Å²) in [5.74, 6) is 0. The fraction of sp³-hybridized carbons (Fsp3) is 0.455. The van der Waals surface area contributed by atoms with Crippen LogP contribution < -0.4 is 5.32 Å². The highest BCUT2D eigenvalue weighted by molar-refractivity contribution is 5.16. The first-order valence-electron chi connectivity index (χ1n) is 4.32. The Bertz CT molecular complexity index is 209. The summed E-state index contributed by atoms with van der Waals surface area (Å²) in [4.78, 5) is 0. The molecule has 0 atom stereocenters. The van der Waals surface area contributed by atoms with Crippen molar-refractivity contribution in [2.24, 2.45) is 0 Å². The maximum atomic E-state index is 3.77. The minimum Gasteiger partial charge on any atom is -0.363 e. The third-order valence-corrected chi connectivity index (χ3v) is 1.59. The van der Waals surface area contributed by atoms with E-state index in [0.717, 1.165) is 17.8 Å². The van der Waals surface area contributed by atoms with E-state index in [-0.39, 0.29) is 0 Å². The zero-order valence-electron chi connectivity index (χ0n) is 8.57. The van der Waals surface area contributed by atoms with Crippen molar-refractivity contribution >= 4 is 0 Å². The zero-order chi connectivity index (χ0) is 9.56. The van der Waals surface area contributed by atoms with Gasteiger partial charge in [0.2, 0.25) is 0 Å². The number of nitrogens with one attached hydrogen (secondary N) is 1. The van der Waals surface area contributed by atoms with E-state index in [1.165, 1.54) is 5.57 Å². The van der Waals surface area contributed by atoms with Gasteiger partial charge >= 0.3 is 0 Å². The summed E-state index contributed by atoms with van der Waals surface area (Å²) in [6, 6.07) is 0. The number of hydrogen-bond donors (Lipinski definition) is 1. The van der Waals surface area contributed by atoms with Crippen molar-refractivity contribution in [3.05, 3.63) is 35.7 Å². The molecule has 0 aliphatic carbocycles. The molecule has 0 saturated heterocycles. The van der Waals surface area contributed by atoms with Gasteiger partial charge in [-0.25, -0.2) is 0 Å². The fourth-order valence-electron chi connectivity index (χ4n) is 0.763. The SMILES string of the molecule is C=C(C)N/C(C)=C/C=C(\C)CC. The number of allylic oxidation sites excluding steroid dienone is 5. The van der Waals surface area contributed by atoms with Crippen LogP contribution in [0.3, 0.4) is 0 Å². The Hall–Kier alpha value is -0.980. The molecule has 0 bridgehead atoms. The highest BCUT2D eigenvalue weighted by Crippen LogP contribution is 2.00. The molecule has 0 aliphatic heterocycles. The van der Waals surface area contributed by atoms with Crippen molar-refractivity contribution < 1.29 is 0 Å². The molecule has 0 radical (unpaired) electrons. The average molecular weight is 165 g/mol. The minimum atomic E-state index is 0.978. The van der Waals surface area contributed by atoms with E-state index in [0.29, 0.717) is 0 Å². The Morgan fingerprint density at radius 2 is 1.83 bits per heavy atom. The van der Waals surface area contributed by atoms with Crippen molar-refractivity contribution in [3.8, 4) is 0 Å². The third-order valence-electron chi connectivity index (χ3n) is 1.59. The number of rotatable bonds is 4. The molecule has 0 fully saturated rings. The Balaban J connectivity index is 4.08. The van der Waals surface area contributed by atoms with E-state index in [4.69, 9.17) is 0 Å². The minimum absolute atomic E-state index is 0.978. The van der Waals surface area contributed by atoms with E-state index in [1.54, 1.807) is 0 Å². The van der Waals surface area contributed by atoms with Crippen molar-refractivity contribution in [2.75, 3.05) is 0 Å². The van der Waals surface area contributed by atoms with Gasteiger partial charge in [-0.05, 0) is 33.3 Å². The maximum absolute atomic E-state index is 3.77. The monoisotopic (exact) mass is 165 g/mol. The van der Waals surface area contributed by atoms with Crippen LogP contribution in [0.4, 0.5) is 0 Å². The van der Waals surface area contributed by atoms with E-state index in [1.807, 2.05) is 13.8 Å². The Morgan fingerprint density at radius 3 is 2.25 bits per heavy atom. The summed E-state index contributed by atoms with van der Waals surface area (Å²) in [6.45, 7) is 12.0. The van der Waals surface area contributed by atoms with E-state index in [2.05, 4.69) is 37.9 Å². The zero-order valence-corrected chi connectivity index (χ0v) is 8.57. The van der Waals surface area contributed by atoms with Gasteiger partial charge < -0.3 is 5.32 Å². The lowest BCUT2D eigenvalue weighted by atomic mass is 10.2. The molecule has 0 aromatic rings. The van der Waals surface area contributed by atoms with Gasteiger partial charge in [-0.2, -0.15) is 0 Å². The molecule has 0 aliphatic rings. The average Bonchev–Trinajstić information content (AvgIpc) is 1.99. The Labute approximate surface area is 75.9 Å². The molecule has 0 rings (SSSR count). The first-order valence-corrected chi connectivity index (χ1v) is 4.32. The van der Waals surface area contributed by atoms with Gasteiger partial charge in [-0.1, -0.05) is 25.2 Å². The standard InChI is InChI=1S/C11H19N/c1-6-10(4)7-8-11(5)12-9(2)3/h7-8,12H,2,6H2,1,3-5H3/b10-7+,11-8+. The molecule has 0 spiro atoms. The van der Waals surface area contributed by atoms with Crippen LogP contribution in [0.5, 0.6) is 0 Å². The highest BCUT2D eigenvalue weighted by atomic mass is 14.9. The van der Waals surface area contributed by atoms with Crippen LogP contribution in [0.25, 0.3) is 0 Å². The normalized spacial score (nSPS) is 13.0. The van der Waals surface area contributed by atoms with Crippen LogP contribution in [0, 0.1) is 0 Å². The number of hydrogen-bond acceptors (Lipinski definition) is 1. The van der Waals surface area contributed by atoms with Gasteiger partial charge in [0.1, 0.15) is 0 Å². The van der Waals surface area contributed by atoms with E-state index < -0.39 is 0 Å². The summed E-state index contributed by atoms with van der Waals surface area (Å²) in [7, 11) is 0. The van der Waals surface area contributed by atoms with Gasteiger partial charge in [-0.15, -0.1) is 0 Å². The predicted octanol–water partition coefficient (Wildman–Crippen LogP) is 3.37. The lowest BCUT2D eigenvalue weighted by Gasteiger charge is -2.03. The lowest BCUT2D eigenvalue weighted by Crippen LogP contribution is -2.05. The molecular formula is C11H19N. The van der Waals surface area contributed by atoms with Crippen LogP contribution in [0.15, 0.2) is 35.7 Å². The molecular weight excluding hydrogens is 146 g/mol. The third kappa shape index (κ3) is 5.78. The molecule has 0 heterocycles. The Morgan fingerprint density at radius 1 is 1.25 bits per heavy atom. The van der Waals surface area contributed by atoms with Crippen LogP contribution in [0.2, 0.25) is 0 Å².